The third-order valence-corrected chi connectivity index (χ3v) is 6.31. The molecule has 0 saturated heterocycles. The number of methoxy groups -OCH3 is 1. The minimum Gasteiger partial charge on any atom is -0.497 e. The van der Waals surface area contributed by atoms with E-state index >= 15 is 0 Å². The fraction of sp³-hybridized carbons (Fsp3) is 0.600. The van der Waals surface area contributed by atoms with Crippen LogP contribution in [-0.4, -0.2) is 46.8 Å². The van der Waals surface area contributed by atoms with Gasteiger partial charge < -0.3 is 10.1 Å². The monoisotopic (exact) mass is 424 g/mol. The Morgan fingerprint density at radius 3 is 2.55 bits per heavy atom. The molecule has 1 aliphatic carbocycles. The molecule has 1 aromatic heterocycles. The highest BCUT2D eigenvalue weighted by molar-refractivity contribution is 5.94. The third-order valence-electron chi connectivity index (χ3n) is 6.31. The van der Waals surface area contributed by atoms with Gasteiger partial charge in [0.25, 0.3) is 5.91 Å². The SMILES string of the molecule is COc1ccc(Cn2nc(C(=O)NC3CCCC3)c3c2CCN(CC(C)(C)C)C3)cc1. The van der Waals surface area contributed by atoms with E-state index in [-0.39, 0.29) is 11.3 Å². The topological polar surface area (TPSA) is 59.4 Å². The maximum atomic E-state index is 13.2. The predicted octanol–water partition coefficient (Wildman–Crippen LogP) is 4.02. The van der Waals surface area contributed by atoms with E-state index < -0.39 is 0 Å². The molecule has 0 unspecified atom stereocenters. The van der Waals surface area contributed by atoms with E-state index in [2.05, 4.69) is 47.8 Å². The quantitative estimate of drug-likeness (QED) is 0.761. The number of benzene rings is 1. The maximum absolute atomic E-state index is 13.2. The molecule has 0 spiro atoms. The molecule has 6 nitrogen and oxygen atoms in total. The van der Waals surface area contributed by atoms with Gasteiger partial charge in [0.1, 0.15) is 5.75 Å². The zero-order valence-electron chi connectivity index (χ0n) is 19.4. The Kier molecular flexibility index (Phi) is 6.37. The van der Waals surface area contributed by atoms with Crippen LogP contribution in [0.1, 0.15) is 73.8 Å². The highest BCUT2D eigenvalue weighted by Crippen LogP contribution is 2.27. The van der Waals surface area contributed by atoms with E-state index in [0.717, 1.165) is 55.8 Å². The summed E-state index contributed by atoms with van der Waals surface area (Å²) >= 11 is 0. The minimum atomic E-state index is -0.00533. The fourth-order valence-electron chi connectivity index (χ4n) is 4.89. The molecule has 1 saturated carbocycles. The molecule has 2 aliphatic rings. The molecule has 6 heteroatoms. The van der Waals surface area contributed by atoms with Crippen LogP contribution in [0.3, 0.4) is 0 Å². The lowest BCUT2D eigenvalue weighted by Gasteiger charge is -2.33. The third kappa shape index (κ3) is 5.29. The summed E-state index contributed by atoms with van der Waals surface area (Å²) in [6.45, 7) is 10.3. The number of hydrogen-bond donors (Lipinski definition) is 1. The lowest BCUT2D eigenvalue weighted by atomic mass is 9.94. The highest BCUT2D eigenvalue weighted by atomic mass is 16.5. The van der Waals surface area contributed by atoms with Gasteiger partial charge in [-0.25, -0.2) is 0 Å². The molecule has 0 bridgehead atoms. The van der Waals surface area contributed by atoms with Crippen molar-refractivity contribution in [1.29, 1.82) is 0 Å². The van der Waals surface area contributed by atoms with Crippen molar-refractivity contribution in [1.82, 2.24) is 20.0 Å². The Labute approximate surface area is 186 Å². The number of nitrogens with zero attached hydrogens (tertiary/aromatic N) is 3. The highest BCUT2D eigenvalue weighted by Gasteiger charge is 2.30. The summed E-state index contributed by atoms with van der Waals surface area (Å²) in [5.41, 5.74) is 4.32. The Hall–Kier alpha value is -2.34. The molecule has 4 rings (SSSR count). The lowest BCUT2D eigenvalue weighted by Crippen LogP contribution is -2.38. The Bertz CT molecular complexity index is 905. The number of rotatable bonds is 6. The van der Waals surface area contributed by atoms with Gasteiger partial charge in [-0.3, -0.25) is 14.4 Å². The van der Waals surface area contributed by atoms with E-state index in [4.69, 9.17) is 9.84 Å². The van der Waals surface area contributed by atoms with Gasteiger partial charge in [0, 0.05) is 43.4 Å². The average molecular weight is 425 g/mol. The normalized spacial score (nSPS) is 17.5. The van der Waals surface area contributed by atoms with Crippen molar-refractivity contribution >= 4 is 5.91 Å². The average Bonchev–Trinajstić information content (AvgIpc) is 3.35. The van der Waals surface area contributed by atoms with E-state index in [1.54, 1.807) is 7.11 Å². The van der Waals surface area contributed by atoms with E-state index in [1.807, 2.05) is 12.1 Å². The first-order valence-electron chi connectivity index (χ1n) is 11.6. The molecule has 0 atom stereocenters. The summed E-state index contributed by atoms with van der Waals surface area (Å²) in [5.74, 6) is 0.843. The first-order valence-corrected chi connectivity index (χ1v) is 11.6. The first kappa shape index (κ1) is 21.9. The molecule has 168 valence electrons. The second-order valence-corrected chi connectivity index (χ2v) is 10.3. The Balaban J connectivity index is 1.60. The molecule has 1 aromatic carbocycles. The van der Waals surface area contributed by atoms with Gasteiger partial charge in [-0.05, 0) is 36.0 Å². The van der Waals surface area contributed by atoms with E-state index in [1.165, 1.54) is 18.5 Å². The molecular formula is C25H36N4O2. The summed E-state index contributed by atoms with van der Waals surface area (Å²) in [4.78, 5) is 15.7. The van der Waals surface area contributed by atoms with E-state index in [9.17, 15) is 4.79 Å². The molecule has 2 aromatic rings. The van der Waals surface area contributed by atoms with Crippen LogP contribution in [0.2, 0.25) is 0 Å². The van der Waals surface area contributed by atoms with Crippen LogP contribution < -0.4 is 10.1 Å². The van der Waals surface area contributed by atoms with Crippen LogP contribution in [0.4, 0.5) is 0 Å². The number of hydrogen-bond acceptors (Lipinski definition) is 4. The molecule has 1 N–H and O–H groups in total. The van der Waals surface area contributed by atoms with Crippen LogP contribution >= 0.6 is 0 Å². The first-order chi connectivity index (χ1) is 14.8. The van der Waals surface area contributed by atoms with Crippen molar-refractivity contribution in [3.63, 3.8) is 0 Å². The predicted molar refractivity (Wildman–Crippen MR) is 122 cm³/mol. The van der Waals surface area contributed by atoms with Gasteiger partial charge in [-0.2, -0.15) is 5.10 Å². The van der Waals surface area contributed by atoms with Gasteiger partial charge in [0.15, 0.2) is 5.69 Å². The minimum absolute atomic E-state index is 0.00533. The number of ether oxygens (including phenoxy) is 1. The number of aromatic nitrogens is 2. The second kappa shape index (κ2) is 9.03. The summed E-state index contributed by atoms with van der Waals surface area (Å²) < 4.78 is 7.33. The standard InChI is InChI=1S/C25H36N4O2/c1-25(2,3)17-28-14-13-22-21(16-28)23(24(30)26-19-7-5-6-8-19)27-29(22)15-18-9-11-20(31-4)12-10-18/h9-12,19H,5-8,13-17H2,1-4H3,(H,26,30). The molecular weight excluding hydrogens is 388 g/mol. The van der Waals surface area contributed by atoms with E-state index in [0.29, 0.717) is 18.3 Å². The largest absolute Gasteiger partial charge is 0.497 e. The molecule has 1 fully saturated rings. The van der Waals surface area contributed by atoms with Crippen LogP contribution in [0.15, 0.2) is 24.3 Å². The fourth-order valence-corrected chi connectivity index (χ4v) is 4.89. The van der Waals surface area contributed by atoms with Crippen molar-refractivity contribution in [3.05, 3.63) is 46.8 Å². The second-order valence-electron chi connectivity index (χ2n) is 10.3. The van der Waals surface area contributed by atoms with Gasteiger partial charge in [0.05, 0.1) is 13.7 Å². The molecule has 31 heavy (non-hydrogen) atoms. The van der Waals surface area contributed by atoms with Crippen LogP contribution in [-0.2, 0) is 19.5 Å². The Morgan fingerprint density at radius 1 is 1.19 bits per heavy atom. The zero-order chi connectivity index (χ0) is 22.0. The van der Waals surface area contributed by atoms with Crippen LogP contribution in [0.5, 0.6) is 5.75 Å². The van der Waals surface area contributed by atoms with Gasteiger partial charge >= 0.3 is 0 Å². The molecule has 2 heterocycles. The number of fused-ring (bicyclic) bond motifs is 1. The van der Waals surface area contributed by atoms with Crippen LogP contribution in [0, 0.1) is 5.41 Å². The van der Waals surface area contributed by atoms with Gasteiger partial charge in [-0.15, -0.1) is 0 Å². The van der Waals surface area contributed by atoms with Crippen molar-refractivity contribution in [2.24, 2.45) is 5.41 Å². The summed E-state index contributed by atoms with van der Waals surface area (Å²) in [7, 11) is 1.68. The van der Waals surface area contributed by atoms with Crippen molar-refractivity contribution in [2.75, 3.05) is 20.2 Å². The summed E-state index contributed by atoms with van der Waals surface area (Å²) in [6, 6.07) is 8.39. The number of carbonyl (C=O) groups excluding carboxylic acids is 1. The van der Waals surface area contributed by atoms with Crippen molar-refractivity contribution in [3.8, 4) is 5.75 Å². The van der Waals surface area contributed by atoms with Crippen molar-refractivity contribution in [2.45, 2.75) is 72.0 Å². The number of nitrogens with one attached hydrogen (secondary N) is 1. The van der Waals surface area contributed by atoms with Crippen molar-refractivity contribution < 1.29 is 9.53 Å². The lowest BCUT2D eigenvalue weighted by molar-refractivity contribution is 0.0929. The number of carbonyl (C=O) groups is 1. The van der Waals surface area contributed by atoms with Crippen LogP contribution in [0.25, 0.3) is 0 Å². The molecule has 1 aliphatic heterocycles. The van der Waals surface area contributed by atoms with Gasteiger partial charge in [0.2, 0.25) is 0 Å². The molecule has 1 amide bonds. The smallest absolute Gasteiger partial charge is 0.272 e. The number of amides is 1. The summed E-state index contributed by atoms with van der Waals surface area (Å²) in [5, 5.41) is 8.10. The van der Waals surface area contributed by atoms with Gasteiger partial charge in [-0.1, -0.05) is 45.7 Å². The zero-order valence-corrected chi connectivity index (χ0v) is 19.4. The summed E-state index contributed by atoms with van der Waals surface area (Å²) in [6.07, 6.45) is 5.49. The maximum Gasteiger partial charge on any atom is 0.272 e. The Morgan fingerprint density at radius 2 is 1.90 bits per heavy atom. The molecule has 0 radical (unpaired) electrons.